The Kier molecular flexibility index (Phi) is 6.31. The SMILES string of the molecule is COCCN(CCCN(C)C)C(=O)c1cn[nH]n1. The van der Waals surface area contributed by atoms with E-state index >= 15 is 0 Å². The third-order valence-electron chi connectivity index (χ3n) is 2.52. The molecule has 1 heterocycles. The number of methoxy groups -OCH3 is 1. The number of hydrogen-bond acceptors (Lipinski definition) is 5. The van der Waals surface area contributed by atoms with Gasteiger partial charge in [0.25, 0.3) is 5.91 Å². The van der Waals surface area contributed by atoms with Crippen molar-refractivity contribution in [2.75, 3.05) is 47.4 Å². The van der Waals surface area contributed by atoms with E-state index < -0.39 is 0 Å². The maximum absolute atomic E-state index is 12.1. The molecule has 0 fully saturated rings. The van der Waals surface area contributed by atoms with Crippen molar-refractivity contribution in [2.45, 2.75) is 6.42 Å². The summed E-state index contributed by atoms with van der Waals surface area (Å²) in [6.45, 7) is 2.71. The number of H-pyrrole nitrogens is 1. The van der Waals surface area contributed by atoms with E-state index in [0.717, 1.165) is 13.0 Å². The summed E-state index contributed by atoms with van der Waals surface area (Å²) in [5.41, 5.74) is 0.343. The van der Waals surface area contributed by atoms with Gasteiger partial charge in [0.1, 0.15) is 0 Å². The topological polar surface area (TPSA) is 74.3 Å². The Labute approximate surface area is 107 Å². The highest BCUT2D eigenvalue weighted by Gasteiger charge is 2.17. The van der Waals surface area contributed by atoms with Crippen LogP contribution in [0, 0.1) is 0 Å². The Balaban J connectivity index is 2.51. The highest BCUT2D eigenvalue weighted by atomic mass is 16.5. The lowest BCUT2D eigenvalue weighted by atomic mass is 10.3. The minimum absolute atomic E-state index is 0.112. The summed E-state index contributed by atoms with van der Waals surface area (Å²) >= 11 is 0. The quantitative estimate of drug-likeness (QED) is 0.699. The monoisotopic (exact) mass is 255 g/mol. The molecule has 0 saturated heterocycles. The van der Waals surface area contributed by atoms with Crippen molar-refractivity contribution < 1.29 is 9.53 Å². The number of carbonyl (C=O) groups is 1. The van der Waals surface area contributed by atoms with Gasteiger partial charge in [-0.3, -0.25) is 4.79 Å². The average molecular weight is 255 g/mol. The molecule has 1 aromatic heterocycles. The molecule has 1 N–H and O–H groups in total. The molecule has 0 bridgehead atoms. The molecule has 0 radical (unpaired) electrons. The van der Waals surface area contributed by atoms with Gasteiger partial charge in [-0.2, -0.15) is 15.4 Å². The fraction of sp³-hybridized carbons (Fsp3) is 0.727. The second kappa shape index (κ2) is 7.78. The van der Waals surface area contributed by atoms with Crippen molar-refractivity contribution in [1.29, 1.82) is 0 Å². The number of carbonyl (C=O) groups excluding carboxylic acids is 1. The number of ether oxygens (including phenoxy) is 1. The van der Waals surface area contributed by atoms with Crippen LogP contribution in [0.2, 0.25) is 0 Å². The first-order chi connectivity index (χ1) is 8.65. The van der Waals surface area contributed by atoms with E-state index in [2.05, 4.69) is 20.3 Å². The zero-order chi connectivity index (χ0) is 13.4. The van der Waals surface area contributed by atoms with Crippen LogP contribution in [0.3, 0.4) is 0 Å². The molecule has 0 aromatic carbocycles. The third kappa shape index (κ3) is 4.80. The Bertz CT molecular complexity index is 339. The number of nitrogens with zero attached hydrogens (tertiary/aromatic N) is 4. The van der Waals surface area contributed by atoms with Crippen molar-refractivity contribution in [2.24, 2.45) is 0 Å². The number of nitrogens with one attached hydrogen (secondary N) is 1. The van der Waals surface area contributed by atoms with Crippen LogP contribution in [0.1, 0.15) is 16.9 Å². The first-order valence-electron chi connectivity index (χ1n) is 5.94. The number of aromatic amines is 1. The van der Waals surface area contributed by atoms with Crippen LogP contribution >= 0.6 is 0 Å². The van der Waals surface area contributed by atoms with E-state index in [1.165, 1.54) is 6.20 Å². The van der Waals surface area contributed by atoms with E-state index in [1.807, 2.05) is 14.1 Å². The molecule has 1 amide bonds. The van der Waals surface area contributed by atoms with E-state index in [9.17, 15) is 4.79 Å². The van der Waals surface area contributed by atoms with E-state index in [1.54, 1.807) is 12.0 Å². The van der Waals surface area contributed by atoms with Crippen LogP contribution in [-0.4, -0.2) is 78.6 Å². The van der Waals surface area contributed by atoms with E-state index in [0.29, 0.717) is 25.4 Å². The van der Waals surface area contributed by atoms with Gasteiger partial charge in [-0.1, -0.05) is 0 Å². The smallest absolute Gasteiger partial charge is 0.276 e. The number of amides is 1. The number of hydrogen-bond donors (Lipinski definition) is 1. The molecule has 0 aliphatic carbocycles. The molecule has 0 aliphatic heterocycles. The van der Waals surface area contributed by atoms with Crippen molar-refractivity contribution in [3.05, 3.63) is 11.9 Å². The molecule has 0 saturated carbocycles. The van der Waals surface area contributed by atoms with Gasteiger partial charge in [-0.05, 0) is 27.1 Å². The first kappa shape index (κ1) is 14.6. The van der Waals surface area contributed by atoms with Crippen LogP contribution in [0.25, 0.3) is 0 Å². The van der Waals surface area contributed by atoms with Gasteiger partial charge in [-0.25, -0.2) is 0 Å². The third-order valence-corrected chi connectivity index (χ3v) is 2.52. The molecule has 18 heavy (non-hydrogen) atoms. The van der Waals surface area contributed by atoms with Crippen molar-refractivity contribution >= 4 is 5.91 Å². The summed E-state index contributed by atoms with van der Waals surface area (Å²) in [6, 6.07) is 0. The summed E-state index contributed by atoms with van der Waals surface area (Å²) in [6.07, 6.45) is 2.36. The Morgan fingerprint density at radius 2 is 2.17 bits per heavy atom. The first-order valence-corrected chi connectivity index (χ1v) is 5.94. The van der Waals surface area contributed by atoms with Gasteiger partial charge in [0, 0.05) is 20.2 Å². The fourth-order valence-electron chi connectivity index (χ4n) is 1.56. The lowest BCUT2D eigenvalue weighted by Gasteiger charge is -2.22. The lowest BCUT2D eigenvalue weighted by molar-refractivity contribution is 0.0683. The van der Waals surface area contributed by atoms with Gasteiger partial charge >= 0.3 is 0 Å². The average Bonchev–Trinajstić information content (AvgIpc) is 2.86. The second-order valence-corrected chi connectivity index (χ2v) is 4.30. The number of aromatic nitrogens is 3. The maximum atomic E-state index is 12.1. The van der Waals surface area contributed by atoms with Crippen LogP contribution in [-0.2, 0) is 4.74 Å². The standard InChI is InChI=1S/C11H21N5O2/c1-15(2)5-4-6-16(7-8-18-3)11(17)10-9-12-14-13-10/h9H,4-8H2,1-3H3,(H,12,13,14). The minimum Gasteiger partial charge on any atom is -0.383 e. The molecular weight excluding hydrogens is 234 g/mol. The normalized spacial score (nSPS) is 10.9. The van der Waals surface area contributed by atoms with Gasteiger partial charge in [0.05, 0.1) is 12.8 Å². The zero-order valence-corrected chi connectivity index (χ0v) is 11.2. The summed E-state index contributed by atoms with van der Waals surface area (Å²) in [4.78, 5) is 16.0. The maximum Gasteiger partial charge on any atom is 0.276 e. The predicted octanol–water partition coefficient (Wildman–Crippen LogP) is -0.155. The zero-order valence-electron chi connectivity index (χ0n) is 11.2. The largest absolute Gasteiger partial charge is 0.383 e. The summed E-state index contributed by atoms with van der Waals surface area (Å²) in [5, 5.41) is 9.91. The van der Waals surface area contributed by atoms with Crippen molar-refractivity contribution in [3.63, 3.8) is 0 Å². The molecule has 102 valence electrons. The molecule has 7 nitrogen and oxygen atoms in total. The van der Waals surface area contributed by atoms with E-state index in [-0.39, 0.29) is 5.91 Å². The fourth-order valence-corrected chi connectivity index (χ4v) is 1.56. The lowest BCUT2D eigenvalue weighted by Crippen LogP contribution is -2.36. The van der Waals surface area contributed by atoms with Crippen molar-refractivity contribution in [1.82, 2.24) is 25.2 Å². The minimum atomic E-state index is -0.112. The van der Waals surface area contributed by atoms with Gasteiger partial charge < -0.3 is 14.5 Å². The molecule has 0 spiro atoms. The molecule has 1 rings (SSSR count). The summed E-state index contributed by atoms with van der Waals surface area (Å²) in [7, 11) is 5.65. The van der Waals surface area contributed by atoms with E-state index in [4.69, 9.17) is 4.74 Å². The molecule has 0 unspecified atom stereocenters. The van der Waals surface area contributed by atoms with Crippen LogP contribution in [0.15, 0.2) is 6.20 Å². The molecule has 0 atom stereocenters. The van der Waals surface area contributed by atoms with Gasteiger partial charge in [0.15, 0.2) is 5.69 Å². The molecule has 1 aromatic rings. The molecular formula is C11H21N5O2. The Morgan fingerprint density at radius 1 is 1.39 bits per heavy atom. The Morgan fingerprint density at radius 3 is 2.72 bits per heavy atom. The Hall–Kier alpha value is -1.47. The number of rotatable bonds is 8. The highest BCUT2D eigenvalue weighted by Crippen LogP contribution is 2.01. The molecule has 7 heteroatoms. The second-order valence-electron chi connectivity index (χ2n) is 4.30. The van der Waals surface area contributed by atoms with Gasteiger partial charge in [-0.15, -0.1) is 0 Å². The van der Waals surface area contributed by atoms with Gasteiger partial charge in [0.2, 0.25) is 0 Å². The van der Waals surface area contributed by atoms with Crippen LogP contribution < -0.4 is 0 Å². The predicted molar refractivity (Wildman–Crippen MR) is 67.3 cm³/mol. The van der Waals surface area contributed by atoms with Crippen molar-refractivity contribution in [3.8, 4) is 0 Å². The summed E-state index contributed by atoms with van der Waals surface area (Å²) < 4.78 is 5.02. The summed E-state index contributed by atoms with van der Waals surface area (Å²) in [5.74, 6) is -0.112. The highest BCUT2D eigenvalue weighted by molar-refractivity contribution is 5.91. The van der Waals surface area contributed by atoms with Crippen LogP contribution in [0.5, 0.6) is 0 Å². The molecule has 0 aliphatic rings. The van der Waals surface area contributed by atoms with Crippen LogP contribution in [0.4, 0.5) is 0 Å².